The summed E-state index contributed by atoms with van der Waals surface area (Å²) in [6, 6.07) is 19.9. The van der Waals surface area contributed by atoms with Crippen molar-refractivity contribution >= 4 is 0 Å². The largest absolute Gasteiger partial charge is 0.394 e. The molecular weight excluding hydrogens is 262 g/mol. The molecule has 0 aliphatic heterocycles. The van der Waals surface area contributed by atoms with E-state index in [9.17, 15) is 5.11 Å². The lowest BCUT2D eigenvalue weighted by molar-refractivity contribution is 0.0525. The van der Waals surface area contributed by atoms with Gasteiger partial charge in [0.25, 0.3) is 0 Å². The molecule has 0 bridgehead atoms. The zero-order chi connectivity index (χ0) is 15.0. The molecule has 0 radical (unpaired) electrons. The fourth-order valence-electron chi connectivity index (χ4n) is 2.27. The fraction of sp³-hybridized carbons (Fsp3) is 0.333. The second kappa shape index (κ2) is 7.93. The summed E-state index contributed by atoms with van der Waals surface area (Å²) in [6.07, 6.45) is 1.93. The molecule has 0 amide bonds. The van der Waals surface area contributed by atoms with E-state index >= 15 is 0 Å². The summed E-state index contributed by atoms with van der Waals surface area (Å²) in [5.74, 6) is 0. The van der Waals surface area contributed by atoms with Crippen molar-refractivity contribution in [3.05, 3.63) is 71.8 Å². The van der Waals surface area contributed by atoms with Crippen LogP contribution in [0.4, 0.5) is 0 Å². The lowest BCUT2D eigenvalue weighted by Gasteiger charge is -2.27. The van der Waals surface area contributed by atoms with Gasteiger partial charge >= 0.3 is 0 Å². The normalized spacial score (nSPS) is 13.8. The molecule has 3 nitrogen and oxygen atoms in total. The first-order valence-electron chi connectivity index (χ1n) is 7.31. The van der Waals surface area contributed by atoms with Crippen LogP contribution in [0.3, 0.4) is 0 Å². The lowest BCUT2D eigenvalue weighted by atomic mass is 9.93. The second-order valence-electron chi connectivity index (χ2n) is 5.32. The Bertz CT molecular complexity index is 515. The first-order chi connectivity index (χ1) is 10.2. The molecule has 2 aromatic rings. The van der Waals surface area contributed by atoms with E-state index in [0.29, 0.717) is 13.2 Å². The third-order valence-electron chi connectivity index (χ3n) is 3.59. The van der Waals surface area contributed by atoms with E-state index in [-0.39, 0.29) is 6.61 Å². The monoisotopic (exact) mass is 285 g/mol. The smallest absolute Gasteiger partial charge is 0.0881 e. The zero-order valence-corrected chi connectivity index (χ0v) is 12.2. The maximum Gasteiger partial charge on any atom is 0.0881 e. The van der Waals surface area contributed by atoms with E-state index in [1.165, 1.54) is 5.56 Å². The first kappa shape index (κ1) is 15.7. The van der Waals surface area contributed by atoms with Crippen molar-refractivity contribution in [2.75, 3.05) is 19.8 Å². The van der Waals surface area contributed by atoms with Crippen LogP contribution in [-0.2, 0) is 16.7 Å². The van der Waals surface area contributed by atoms with E-state index in [1.807, 2.05) is 48.5 Å². The summed E-state index contributed by atoms with van der Waals surface area (Å²) in [4.78, 5) is 0. The molecule has 2 rings (SSSR count). The van der Waals surface area contributed by atoms with Gasteiger partial charge in [-0.25, -0.2) is 0 Å². The standard InChI is InChI=1S/C18H23NO2/c19-18(14-20,17-11-5-2-6-12-17)15-21-13-7-10-16-8-3-1-4-9-16/h1-6,8-9,11-12,20H,7,10,13-15,19H2. The highest BCUT2D eigenvalue weighted by Gasteiger charge is 2.26. The van der Waals surface area contributed by atoms with Gasteiger partial charge in [0.2, 0.25) is 0 Å². The average molecular weight is 285 g/mol. The van der Waals surface area contributed by atoms with Crippen LogP contribution in [0.5, 0.6) is 0 Å². The van der Waals surface area contributed by atoms with E-state index in [0.717, 1.165) is 18.4 Å². The molecule has 2 aromatic carbocycles. The Kier molecular flexibility index (Phi) is 5.93. The first-order valence-corrected chi connectivity index (χ1v) is 7.31. The Labute approximate surface area is 126 Å². The molecule has 112 valence electrons. The molecule has 1 unspecified atom stereocenters. The summed E-state index contributed by atoms with van der Waals surface area (Å²) in [5, 5.41) is 9.57. The van der Waals surface area contributed by atoms with Gasteiger partial charge in [-0.2, -0.15) is 0 Å². The van der Waals surface area contributed by atoms with Gasteiger partial charge < -0.3 is 15.6 Å². The predicted octanol–water partition coefficient (Wildman–Crippen LogP) is 2.48. The third-order valence-corrected chi connectivity index (χ3v) is 3.59. The molecule has 0 heterocycles. The minimum atomic E-state index is -0.825. The van der Waals surface area contributed by atoms with Gasteiger partial charge in [0, 0.05) is 6.61 Å². The molecule has 0 fully saturated rings. The van der Waals surface area contributed by atoms with Crippen molar-refractivity contribution in [1.29, 1.82) is 0 Å². The molecule has 0 aliphatic rings. The number of nitrogens with two attached hydrogens (primary N) is 1. The number of benzene rings is 2. The van der Waals surface area contributed by atoms with Crippen LogP contribution in [0.15, 0.2) is 60.7 Å². The van der Waals surface area contributed by atoms with E-state index in [1.54, 1.807) is 0 Å². The molecule has 0 aliphatic carbocycles. The van der Waals surface area contributed by atoms with Crippen LogP contribution in [0.2, 0.25) is 0 Å². The Hall–Kier alpha value is -1.68. The molecule has 1 atom stereocenters. The van der Waals surface area contributed by atoms with Gasteiger partial charge in [0.05, 0.1) is 18.8 Å². The molecule has 21 heavy (non-hydrogen) atoms. The van der Waals surface area contributed by atoms with Crippen molar-refractivity contribution in [1.82, 2.24) is 0 Å². The van der Waals surface area contributed by atoms with Crippen LogP contribution >= 0.6 is 0 Å². The van der Waals surface area contributed by atoms with Crippen molar-refractivity contribution in [2.45, 2.75) is 18.4 Å². The quantitative estimate of drug-likeness (QED) is 0.733. The van der Waals surface area contributed by atoms with Crippen LogP contribution in [0, 0.1) is 0 Å². The maximum absolute atomic E-state index is 9.57. The van der Waals surface area contributed by atoms with Crippen LogP contribution in [0.25, 0.3) is 0 Å². The van der Waals surface area contributed by atoms with Crippen molar-refractivity contribution in [3.8, 4) is 0 Å². The van der Waals surface area contributed by atoms with E-state index < -0.39 is 5.54 Å². The van der Waals surface area contributed by atoms with Gasteiger partial charge in [-0.3, -0.25) is 0 Å². The zero-order valence-electron chi connectivity index (χ0n) is 12.2. The van der Waals surface area contributed by atoms with Gasteiger partial charge in [0.15, 0.2) is 0 Å². The second-order valence-corrected chi connectivity index (χ2v) is 5.32. The number of hydrogen-bond acceptors (Lipinski definition) is 3. The molecule has 0 aromatic heterocycles. The van der Waals surface area contributed by atoms with Gasteiger partial charge in [-0.15, -0.1) is 0 Å². The van der Waals surface area contributed by atoms with Crippen molar-refractivity contribution in [2.24, 2.45) is 5.73 Å². The van der Waals surface area contributed by atoms with Crippen LogP contribution in [0.1, 0.15) is 17.5 Å². The van der Waals surface area contributed by atoms with Crippen LogP contribution < -0.4 is 5.73 Å². The molecule has 0 saturated carbocycles. The molecular formula is C18H23NO2. The molecule has 0 spiro atoms. The Morgan fingerprint density at radius 3 is 2.19 bits per heavy atom. The van der Waals surface area contributed by atoms with Gasteiger partial charge in [-0.1, -0.05) is 60.7 Å². The number of aryl methyl sites for hydroxylation is 1. The topological polar surface area (TPSA) is 55.5 Å². The number of rotatable bonds is 8. The Morgan fingerprint density at radius 1 is 0.952 bits per heavy atom. The minimum absolute atomic E-state index is 0.129. The Morgan fingerprint density at radius 2 is 1.57 bits per heavy atom. The third kappa shape index (κ3) is 4.67. The highest BCUT2D eigenvalue weighted by atomic mass is 16.5. The fourth-order valence-corrected chi connectivity index (χ4v) is 2.27. The highest BCUT2D eigenvalue weighted by Crippen LogP contribution is 2.18. The molecule has 3 heteroatoms. The SMILES string of the molecule is NC(CO)(COCCCc1ccccc1)c1ccccc1. The number of aliphatic hydroxyl groups excluding tert-OH is 1. The number of aliphatic hydroxyl groups is 1. The summed E-state index contributed by atoms with van der Waals surface area (Å²) in [7, 11) is 0. The maximum atomic E-state index is 9.57. The summed E-state index contributed by atoms with van der Waals surface area (Å²) >= 11 is 0. The number of ether oxygens (including phenoxy) is 1. The highest BCUT2D eigenvalue weighted by molar-refractivity contribution is 5.24. The molecule has 3 N–H and O–H groups in total. The minimum Gasteiger partial charge on any atom is -0.394 e. The molecule has 0 saturated heterocycles. The summed E-state index contributed by atoms with van der Waals surface area (Å²) in [6.45, 7) is 0.832. The predicted molar refractivity (Wildman–Crippen MR) is 85.0 cm³/mol. The van der Waals surface area contributed by atoms with Crippen LogP contribution in [-0.4, -0.2) is 24.9 Å². The summed E-state index contributed by atoms with van der Waals surface area (Å²) in [5.41, 5.74) is 7.62. The van der Waals surface area contributed by atoms with Crippen molar-refractivity contribution in [3.63, 3.8) is 0 Å². The van der Waals surface area contributed by atoms with E-state index in [2.05, 4.69) is 12.1 Å². The average Bonchev–Trinajstić information content (AvgIpc) is 2.56. The summed E-state index contributed by atoms with van der Waals surface area (Å²) < 4.78 is 5.68. The van der Waals surface area contributed by atoms with Crippen molar-refractivity contribution < 1.29 is 9.84 Å². The lowest BCUT2D eigenvalue weighted by Crippen LogP contribution is -2.45. The van der Waals surface area contributed by atoms with E-state index in [4.69, 9.17) is 10.5 Å². The van der Waals surface area contributed by atoms with Gasteiger partial charge in [-0.05, 0) is 24.0 Å². The number of hydrogen-bond donors (Lipinski definition) is 2. The Balaban J connectivity index is 1.76. The van der Waals surface area contributed by atoms with Gasteiger partial charge in [0.1, 0.15) is 0 Å².